The molecule has 0 radical (unpaired) electrons. The Morgan fingerprint density at radius 1 is 1.28 bits per heavy atom. The number of carbonyl (C=O) groups excluding carboxylic acids is 1. The average molecular weight is 249 g/mol. The van der Waals surface area contributed by atoms with Crippen molar-refractivity contribution in [2.75, 3.05) is 13.2 Å². The van der Waals surface area contributed by atoms with Gasteiger partial charge < -0.3 is 4.74 Å². The maximum atomic E-state index is 11.6. The fourth-order valence-corrected chi connectivity index (χ4v) is 1.82. The molecular weight excluding hydrogens is 226 g/mol. The molecule has 1 aromatic rings. The Morgan fingerprint density at radius 3 is 2.50 bits per heavy atom. The zero-order valence-electron chi connectivity index (χ0n) is 11.6. The van der Waals surface area contributed by atoms with Gasteiger partial charge in [0.05, 0.1) is 13.2 Å². The van der Waals surface area contributed by atoms with E-state index in [4.69, 9.17) is 4.74 Å². The Morgan fingerprint density at radius 2 is 1.94 bits per heavy atom. The molecule has 0 spiro atoms. The molecule has 0 aliphatic carbocycles. The van der Waals surface area contributed by atoms with Crippen molar-refractivity contribution in [3.8, 4) is 0 Å². The van der Waals surface area contributed by atoms with Crippen LogP contribution in [-0.4, -0.2) is 30.1 Å². The number of nitrogens with zero attached hydrogens (tertiary/aromatic N) is 1. The van der Waals surface area contributed by atoms with Crippen molar-refractivity contribution < 1.29 is 9.53 Å². The normalized spacial score (nSPS) is 12.4. The maximum absolute atomic E-state index is 11.6. The highest BCUT2D eigenvalue weighted by molar-refractivity contribution is 5.71. The van der Waals surface area contributed by atoms with Gasteiger partial charge in [-0.2, -0.15) is 0 Å². The number of hydrogen-bond donors (Lipinski definition) is 0. The number of carbonyl (C=O) groups is 1. The van der Waals surface area contributed by atoms with Crippen molar-refractivity contribution in [3.05, 3.63) is 35.9 Å². The smallest absolute Gasteiger partial charge is 0.320 e. The summed E-state index contributed by atoms with van der Waals surface area (Å²) in [6, 6.07) is 10.6. The van der Waals surface area contributed by atoms with Crippen LogP contribution < -0.4 is 0 Å². The molecule has 0 fully saturated rings. The summed E-state index contributed by atoms with van der Waals surface area (Å²) in [5.74, 6) is -0.145. The minimum Gasteiger partial charge on any atom is -0.465 e. The van der Waals surface area contributed by atoms with Gasteiger partial charge in [0.1, 0.15) is 0 Å². The second kappa shape index (κ2) is 7.88. The second-order valence-electron chi connectivity index (χ2n) is 4.45. The molecule has 1 aromatic carbocycles. The van der Waals surface area contributed by atoms with Gasteiger partial charge in [0.15, 0.2) is 0 Å². The van der Waals surface area contributed by atoms with Crippen LogP contribution >= 0.6 is 0 Å². The van der Waals surface area contributed by atoms with E-state index in [0.717, 1.165) is 13.0 Å². The first-order valence-corrected chi connectivity index (χ1v) is 6.61. The van der Waals surface area contributed by atoms with E-state index in [1.807, 2.05) is 25.1 Å². The van der Waals surface area contributed by atoms with E-state index in [2.05, 4.69) is 30.9 Å². The molecule has 0 aliphatic rings. The van der Waals surface area contributed by atoms with Crippen LogP contribution in [0.2, 0.25) is 0 Å². The molecule has 0 amide bonds. The third-order valence-corrected chi connectivity index (χ3v) is 3.08. The van der Waals surface area contributed by atoms with Crippen LogP contribution in [0.3, 0.4) is 0 Å². The molecular formula is C15H23NO2. The predicted octanol–water partition coefficient (Wildman–Crippen LogP) is 2.85. The topological polar surface area (TPSA) is 29.5 Å². The molecule has 3 heteroatoms. The lowest BCUT2D eigenvalue weighted by Gasteiger charge is -2.27. The summed E-state index contributed by atoms with van der Waals surface area (Å²) in [5.41, 5.74) is 1.22. The molecule has 1 rings (SSSR count). The fraction of sp³-hybridized carbons (Fsp3) is 0.533. The van der Waals surface area contributed by atoms with Crippen LogP contribution in [0.15, 0.2) is 30.3 Å². The maximum Gasteiger partial charge on any atom is 0.320 e. The summed E-state index contributed by atoms with van der Waals surface area (Å²) < 4.78 is 5.02. The summed E-state index contributed by atoms with van der Waals surface area (Å²) >= 11 is 0. The summed E-state index contributed by atoms with van der Waals surface area (Å²) in [6.07, 6.45) is 1.02. The van der Waals surface area contributed by atoms with Crippen molar-refractivity contribution in [2.45, 2.75) is 39.8 Å². The second-order valence-corrected chi connectivity index (χ2v) is 4.45. The lowest BCUT2D eigenvalue weighted by Crippen LogP contribution is -2.37. The van der Waals surface area contributed by atoms with E-state index in [0.29, 0.717) is 19.2 Å². The first-order chi connectivity index (χ1) is 8.67. The van der Waals surface area contributed by atoms with Crippen LogP contribution in [0.4, 0.5) is 0 Å². The van der Waals surface area contributed by atoms with Crippen LogP contribution in [0, 0.1) is 0 Å². The van der Waals surface area contributed by atoms with Gasteiger partial charge in [-0.15, -0.1) is 0 Å². The number of rotatable bonds is 7. The Kier molecular flexibility index (Phi) is 6.44. The van der Waals surface area contributed by atoms with Gasteiger partial charge in [-0.05, 0) is 25.8 Å². The minimum absolute atomic E-state index is 0.145. The molecule has 0 aromatic heterocycles. The third-order valence-electron chi connectivity index (χ3n) is 3.08. The van der Waals surface area contributed by atoms with Crippen molar-refractivity contribution in [2.24, 2.45) is 0 Å². The Bertz CT molecular complexity index is 351. The summed E-state index contributed by atoms with van der Waals surface area (Å²) in [5, 5.41) is 0. The highest BCUT2D eigenvalue weighted by Gasteiger charge is 2.16. The van der Waals surface area contributed by atoms with Crippen LogP contribution in [-0.2, 0) is 16.1 Å². The Hall–Kier alpha value is -1.35. The highest BCUT2D eigenvalue weighted by atomic mass is 16.5. The van der Waals surface area contributed by atoms with E-state index in [1.165, 1.54) is 5.56 Å². The molecule has 100 valence electrons. The SMILES string of the molecule is CCOC(=O)CN(Cc1ccccc1)C(C)CC. The van der Waals surface area contributed by atoms with Gasteiger partial charge in [0.2, 0.25) is 0 Å². The van der Waals surface area contributed by atoms with Crippen molar-refractivity contribution in [1.29, 1.82) is 0 Å². The van der Waals surface area contributed by atoms with Gasteiger partial charge in [-0.1, -0.05) is 37.3 Å². The van der Waals surface area contributed by atoms with Gasteiger partial charge >= 0.3 is 5.97 Å². The van der Waals surface area contributed by atoms with E-state index in [-0.39, 0.29) is 5.97 Å². The van der Waals surface area contributed by atoms with Gasteiger partial charge in [0, 0.05) is 12.6 Å². The molecule has 0 bridgehead atoms. The lowest BCUT2D eigenvalue weighted by atomic mass is 10.1. The van der Waals surface area contributed by atoms with Crippen LogP contribution in [0.25, 0.3) is 0 Å². The predicted molar refractivity (Wildman–Crippen MR) is 73.2 cm³/mol. The van der Waals surface area contributed by atoms with Crippen LogP contribution in [0.1, 0.15) is 32.8 Å². The number of benzene rings is 1. The summed E-state index contributed by atoms with van der Waals surface area (Å²) in [6.45, 7) is 7.70. The quantitative estimate of drug-likeness (QED) is 0.696. The molecule has 1 unspecified atom stereocenters. The molecule has 0 N–H and O–H groups in total. The van der Waals surface area contributed by atoms with Gasteiger partial charge in [-0.3, -0.25) is 9.69 Å². The van der Waals surface area contributed by atoms with E-state index < -0.39 is 0 Å². The first-order valence-electron chi connectivity index (χ1n) is 6.61. The zero-order chi connectivity index (χ0) is 13.4. The van der Waals surface area contributed by atoms with Gasteiger partial charge in [0.25, 0.3) is 0 Å². The number of esters is 1. The summed E-state index contributed by atoms with van der Waals surface area (Å²) in [4.78, 5) is 13.8. The monoisotopic (exact) mass is 249 g/mol. The summed E-state index contributed by atoms with van der Waals surface area (Å²) in [7, 11) is 0. The highest BCUT2D eigenvalue weighted by Crippen LogP contribution is 2.10. The number of ether oxygens (including phenoxy) is 1. The van der Waals surface area contributed by atoms with Crippen molar-refractivity contribution in [1.82, 2.24) is 4.90 Å². The molecule has 1 atom stereocenters. The third kappa shape index (κ3) is 4.88. The lowest BCUT2D eigenvalue weighted by molar-refractivity contribution is -0.145. The first kappa shape index (κ1) is 14.7. The molecule has 0 aliphatic heterocycles. The molecule has 3 nitrogen and oxygen atoms in total. The number of hydrogen-bond acceptors (Lipinski definition) is 3. The van der Waals surface area contributed by atoms with E-state index in [1.54, 1.807) is 0 Å². The Labute approximate surface area is 110 Å². The standard InChI is InChI=1S/C15H23NO2/c1-4-13(3)16(12-15(17)18-5-2)11-14-9-7-6-8-10-14/h6-10,13H,4-5,11-12H2,1-3H3. The molecule has 0 heterocycles. The Balaban J connectivity index is 2.64. The largest absolute Gasteiger partial charge is 0.465 e. The molecule has 0 saturated heterocycles. The zero-order valence-corrected chi connectivity index (χ0v) is 11.6. The van der Waals surface area contributed by atoms with Gasteiger partial charge in [-0.25, -0.2) is 0 Å². The van der Waals surface area contributed by atoms with Crippen LogP contribution in [0.5, 0.6) is 0 Å². The van der Waals surface area contributed by atoms with E-state index in [9.17, 15) is 4.79 Å². The van der Waals surface area contributed by atoms with Crippen molar-refractivity contribution in [3.63, 3.8) is 0 Å². The average Bonchev–Trinajstić information content (AvgIpc) is 2.38. The molecule has 18 heavy (non-hydrogen) atoms. The fourth-order valence-electron chi connectivity index (χ4n) is 1.82. The van der Waals surface area contributed by atoms with E-state index >= 15 is 0 Å². The van der Waals surface area contributed by atoms with Crippen molar-refractivity contribution >= 4 is 5.97 Å². The minimum atomic E-state index is -0.145. The molecule has 0 saturated carbocycles.